The minimum atomic E-state index is -0.800. The van der Waals surface area contributed by atoms with Crippen LogP contribution in [0.25, 0.3) is 10.9 Å². The third kappa shape index (κ3) is 3.78. The van der Waals surface area contributed by atoms with Crippen LogP contribution in [0.3, 0.4) is 0 Å². The van der Waals surface area contributed by atoms with Crippen molar-refractivity contribution in [2.75, 3.05) is 25.1 Å². The lowest BCUT2D eigenvalue weighted by atomic mass is 10.1. The van der Waals surface area contributed by atoms with Gasteiger partial charge in [-0.25, -0.2) is 8.78 Å². The molecule has 1 aliphatic carbocycles. The van der Waals surface area contributed by atoms with Crippen molar-refractivity contribution in [2.24, 2.45) is 5.92 Å². The van der Waals surface area contributed by atoms with Gasteiger partial charge in [-0.1, -0.05) is 0 Å². The Morgan fingerprint density at radius 3 is 2.92 bits per heavy atom. The van der Waals surface area contributed by atoms with Crippen molar-refractivity contribution in [3.63, 3.8) is 0 Å². The molecule has 0 amide bonds. The summed E-state index contributed by atoms with van der Waals surface area (Å²) < 4.78 is 32.7. The van der Waals surface area contributed by atoms with Gasteiger partial charge < -0.3 is 15.2 Å². The lowest BCUT2D eigenvalue weighted by Crippen LogP contribution is -2.25. The van der Waals surface area contributed by atoms with Gasteiger partial charge in [0.25, 0.3) is 0 Å². The Bertz CT molecular complexity index is 787. The molecule has 1 fully saturated rings. The molecule has 1 unspecified atom stereocenters. The molecule has 0 bridgehead atoms. The number of hydrogen-bond donors (Lipinski definition) is 2. The van der Waals surface area contributed by atoms with Gasteiger partial charge in [-0.05, 0) is 24.8 Å². The number of aliphatic hydroxyl groups is 1. The average molecular weight is 333 g/mol. The van der Waals surface area contributed by atoms with E-state index in [4.69, 9.17) is 4.74 Å². The summed E-state index contributed by atoms with van der Waals surface area (Å²) in [6.45, 7) is 0.892. The van der Waals surface area contributed by atoms with Crippen molar-refractivity contribution in [1.29, 1.82) is 5.26 Å². The summed E-state index contributed by atoms with van der Waals surface area (Å²) in [5.41, 5.74) is 0.373. The molecule has 1 heterocycles. The topological polar surface area (TPSA) is 78.2 Å². The number of hydrogen-bond acceptors (Lipinski definition) is 5. The fourth-order valence-corrected chi connectivity index (χ4v) is 2.44. The van der Waals surface area contributed by atoms with E-state index in [1.54, 1.807) is 0 Å². The zero-order valence-corrected chi connectivity index (χ0v) is 12.9. The molecule has 3 rings (SSSR count). The smallest absolute Gasteiger partial charge is 0.152 e. The number of aliphatic hydroxyl groups excluding tert-OH is 1. The third-order valence-electron chi connectivity index (χ3n) is 3.89. The van der Waals surface area contributed by atoms with E-state index < -0.39 is 17.7 Å². The molecule has 0 aliphatic heterocycles. The zero-order chi connectivity index (χ0) is 17.1. The van der Waals surface area contributed by atoms with E-state index in [0.717, 1.165) is 12.1 Å². The fraction of sp³-hybridized carbons (Fsp3) is 0.412. The first kappa shape index (κ1) is 16.6. The van der Waals surface area contributed by atoms with Crippen LogP contribution in [0.15, 0.2) is 18.3 Å². The number of nitrogens with zero attached hydrogens (tertiary/aromatic N) is 2. The molecule has 24 heavy (non-hydrogen) atoms. The van der Waals surface area contributed by atoms with Gasteiger partial charge in [0.1, 0.15) is 17.4 Å². The molecule has 5 nitrogen and oxygen atoms in total. The van der Waals surface area contributed by atoms with Crippen molar-refractivity contribution in [2.45, 2.75) is 18.9 Å². The summed E-state index contributed by atoms with van der Waals surface area (Å²) in [7, 11) is 0. The number of nitriles is 1. The first-order valence-electron chi connectivity index (χ1n) is 7.76. The van der Waals surface area contributed by atoms with Gasteiger partial charge in [0, 0.05) is 30.8 Å². The van der Waals surface area contributed by atoms with E-state index in [2.05, 4.69) is 10.3 Å². The second-order valence-corrected chi connectivity index (χ2v) is 5.96. The van der Waals surface area contributed by atoms with E-state index in [0.29, 0.717) is 12.5 Å². The number of fused-ring (bicyclic) bond motifs is 1. The Balaban J connectivity index is 1.75. The molecule has 0 spiro atoms. The van der Waals surface area contributed by atoms with Crippen molar-refractivity contribution in [1.82, 2.24) is 4.98 Å². The maximum Gasteiger partial charge on any atom is 0.152 e. The minimum absolute atomic E-state index is 0.0302. The molecule has 0 radical (unpaired) electrons. The first-order chi connectivity index (χ1) is 11.6. The Hall–Kier alpha value is -2.30. The molecule has 7 heteroatoms. The highest BCUT2D eigenvalue weighted by Gasteiger charge is 2.21. The molecule has 1 aromatic heterocycles. The number of ether oxygens (including phenoxy) is 1. The molecule has 2 N–H and O–H groups in total. The van der Waals surface area contributed by atoms with Crippen LogP contribution < -0.4 is 5.32 Å². The van der Waals surface area contributed by atoms with E-state index in [9.17, 15) is 19.1 Å². The number of pyridine rings is 1. The summed E-state index contributed by atoms with van der Waals surface area (Å²) in [4.78, 5) is 3.86. The van der Waals surface area contributed by atoms with Gasteiger partial charge in [0.2, 0.25) is 0 Å². The molecule has 1 aromatic carbocycles. The van der Waals surface area contributed by atoms with Crippen LogP contribution in [-0.4, -0.2) is 36.0 Å². The number of halogens is 2. The van der Waals surface area contributed by atoms with Crippen molar-refractivity contribution in [3.8, 4) is 6.07 Å². The Morgan fingerprint density at radius 1 is 1.42 bits per heavy atom. The molecule has 1 atom stereocenters. The van der Waals surface area contributed by atoms with Crippen molar-refractivity contribution < 1.29 is 18.6 Å². The Morgan fingerprint density at radius 2 is 2.21 bits per heavy atom. The second-order valence-electron chi connectivity index (χ2n) is 5.96. The predicted octanol–water partition coefficient (Wildman–Crippen LogP) is 2.58. The van der Waals surface area contributed by atoms with Gasteiger partial charge in [-0.15, -0.1) is 0 Å². The molecular formula is C17H17F2N3O2. The van der Waals surface area contributed by atoms with Crippen molar-refractivity contribution >= 4 is 16.6 Å². The lowest BCUT2D eigenvalue weighted by Gasteiger charge is -2.15. The van der Waals surface area contributed by atoms with Gasteiger partial charge in [-0.3, -0.25) is 4.98 Å². The molecule has 126 valence electrons. The fourth-order valence-electron chi connectivity index (χ4n) is 2.44. The van der Waals surface area contributed by atoms with Gasteiger partial charge in [0.15, 0.2) is 5.82 Å². The summed E-state index contributed by atoms with van der Waals surface area (Å²) in [5.74, 6) is -0.954. The van der Waals surface area contributed by atoms with Crippen LogP contribution in [0.1, 0.15) is 18.4 Å². The SMILES string of the molecule is N#Cc1cnc2c(F)cc(F)cc2c1NCC(O)COCC1CC1. The third-order valence-corrected chi connectivity index (χ3v) is 3.89. The zero-order valence-electron chi connectivity index (χ0n) is 12.9. The molecular weight excluding hydrogens is 316 g/mol. The van der Waals surface area contributed by atoms with Crippen LogP contribution >= 0.6 is 0 Å². The largest absolute Gasteiger partial charge is 0.389 e. The quantitative estimate of drug-likeness (QED) is 0.814. The summed E-state index contributed by atoms with van der Waals surface area (Å²) in [5, 5.41) is 22.2. The second kappa shape index (κ2) is 7.07. The van der Waals surface area contributed by atoms with E-state index in [1.165, 1.54) is 19.0 Å². The highest BCUT2D eigenvalue weighted by atomic mass is 19.1. The Kier molecular flexibility index (Phi) is 4.88. The van der Waals surface area contributed by atoms with E-state index in [-0.39, 0.29) is 35.3 Å². The highest BCUT2D eigenvalue weighted by Crippen LogP contribution is 2.29. The molecule has 0 saturated heterocycles. The number of aromatic nitrogens is 1. The normalized spacial score (nSPS) is 15.2. The number of nitrogens with one attached hydrogen (secondary N) is 1. The van der Waals surface area contributed by atoms with Crippen molar-refractivity contribution in [3.05, 3.63) is 35.5 Å². The monoisotopic (exact) mass is 333 g/mol. The standard InChI is InChI=1S/C17H17F2N3O2/c18-12-3-14-16(11(5-20)6-21-17(14)15(19)4-12)22-7-13(23)9-24-8-10-1-2-10/h3-4,6,10,13,23H,1-2,7-9H2,(H,21,22). The van der Waals surface area contributed by atoms with Crippen LogP contribution in [0.4, 0.5) is 14.5 Å². The minimum Gasteiger partial charge on any atom is -0.389 e. The number of rotatable bonds is 7. The lowest BCUT2D eigenvalue weighted by molar-refractivity contribution is 0.0386. The average Bonchev–Trinajstić information content (AvgIpc) is 3.36. The Labute approximate surface area is 137 Å². The molecule has 1 saturated carbocycles. The van der Waals surface area contributed by atoms with Crippen LogP contribution in [0.5, 0.6) is 0 Å². The van der Waals surface area contributed by atoms with Gasteiger partial charge in [0.05, 0.1) is 24.0 Å². The highest BCUT2D eigenvalue weighted by molar-refractivity contribution is 5.94. The summed E-state index contributed by atoms with van der Waals surface area (Å²) in [6, 6.07) is 3.79. The summed E-state index contributed by atoms with van der Waals surface area (Å²) in [6.07, 6.45) is 2.76. The maximum absolute atomic E-state index is 13.8. The van der Waals surface area contributed by atoms with E-state index in [1.807, 2.05) is 6.07 Å². The molecule has 1 aliphatic rings. The number of benzene rings is 1. The predicted molar refractivity (Wildman–Crippen MR) is 84.4 cm³/mol. The molecule has 2 aromatic rings. The number of anilines is 1. The van der Waals surface area contributed by atoms with Crippen LogP contribution in [0, 0.1) is 28.9 Å². The van der Waals surface area contributed by atoms with Gasteiger partial charge >= 0.3 is 0 Å². The van der Waals surface area contributed by atoms with Crippen LogP contribution in [0.2, 0.25) is 0 Å². The van der Waals surface area contributed by atoms with Crippen LogP contribution in [-0.2, 0) is 4.74 Å². The maximum atomic E-state index is 13.8. The van der Waals surface area contributed by atoms with Gasteiger partial charge in [-0.2, -0.15) is 5.26 Å². The first-order valence-corrected chi connectivity index (χ1v) is 7.76. The summed E-state index contributed by atoms with van der Waals surface area (Å²) >= 11 is 0. The van der Waals surface area contributed by atoms with E-state index >= 15 is 0 Å².